The number of aliphatic hydroxyl groups is 1. The van der Waals surface area contributed by atoms with E-state index in [0.29, 0.717) is 11.1 Å². The van der Waals surface area contributed by atoms with Gasteiger partial charge in [-0.2, -0.15) is 5.26 Å². The summed E-state index contributed by atoms with van der Waals surface area (Å²) in [7, 11) is 0. The van der Waals surface area contributed by atoms with Gasteiger partial charge >= 0.3 is 5.97 Å². The van der Waals surface area contributed by atoms with Gasteiger partial charge in [0.15, 0.2) is 11.2 Å². The summed E-state index contributed by atoms with van der Waals surface area (Å²) in [4.78, 5) is 50.6. The number of ketones is 1. The molecule has 1 saturated carbocycles. The maximum Gasteiger partial charge on any atom is 0.327 e. The van der Waals surface area contributed by atoms with Crippen LogP contribution in [0.25, 0.3) is 0 Å². The van der Waals surface area contributed by atoms with Crippen LogP contribution in [-0.2, 0) is 15.1 Å². The third-order valence-electron chi connectivity index (χ3n) is 8.79. The molecule has 4 aromatic rings. The van der Waals surface area contributed by atoms with Crippen LogP contribution < -0.4 is 0 Å². The number of nitro groups is 2. The van der Waals surface area contributed by atoms with Crippen LogP contribution in [0.15, 0.2) is 109 Å². The Morgan fingerprint density at radius 2 is 1.35 bits per heavy atom. The van der Waals surface area contributed by atoms with Crippen molar-refractivity contribution in [2.24, 2.45) is 11.3 Å². The minimum absolute atomic E-state index is 0.00530. The van der Waals surface area contributed by atoms with E-state index >= 15 is 0 Å². The second-order valence-electron chi connectivity index (χ2n) is 11.1. The molecule has 0 aromatic heterocycles. The number of non-ortho nitro benzene ring substituents is 2. The molecule has 0 unspecified atom stereocenters. The topological polar surface area (TPSA) is 174 Å². The van der Waals surface area contributed by atoms with Gasteiger partial charge in [0.05, 0.1) is 28.4 Å². The van der Waals surface area contributed by atoms with E-state index in [4.69, 9.17) is 4.74 Å². The molecule has 11 heteroatoms. The third kappa shape index (κ3) is 5.39. The molecule has 0 amide bonds. The van der Waals surface area contributed by atoms with Crippen LogP contribution in [0.2, 0.25) is 0 Å². The first-order valence-corrected chi connectivity index (χ1v) is 14.5. The van der Waals surface area contributed by atoms with Crippen LogP contribution in [0.3, 0.4) is 0 Å². The van der Waals surface area contributed by atoms with Crippen molar-refractivity contribution in [2.75, 3.05) is 6.61 Å². The summed E-state index contributed by atoms with van der Waals surface area (Å²) in [6, 6.07) is 29.4. The molecule has 0 spiro atoms. The summed E-state index contributed by atoms with van der Waals surface area (Å²) < 4.78 is 5.57. The number of hydrogen-bond acceptors (Lipinski definition) is 9. The SMILES string of the molecule is CCOC(=O)[C@@]1(C#N)[C@@H](c2ccccc2)C[C@](O)(c2ccc([N+](=O)[O-])cc2)[C@H](C(=O)c2ccc([N+](=O)[O-])cc2)[C@@H]1c1ccccc1. The van der Waals surface area contributed by atoms with Crippen molar-refractivity contribution in [3.05, 3.63) is 152 Å². The number of nitriles is 1. The highest BCUT2D eigenvalue weighted by Crippen LogP contribution is 2.63. The first kappa shape index (κ1) is 31.7. The fourth-order valence-corrected chi connectivity index (χ4v) is 6.71. The van der Waals surface area contributed by atoms with E-state index in [1.165, 1.54) is 36.4 Å². The molecule has 11 nitrogen and oxygen atoms in total. The lowest BCUT2D eigenvalue weighted by Gasteiger charge is -2.54. The Kier molecular flexibility index (Phi) is 8.76. The Hall–Kier alpha value is -5.73. The number of carbonyl (C=O) groups is 2. The van der Waals surface area contributed by atoms with Crippen LogP contribution in [0.4, 0.5) is 11.4 Å². The van der Waals surface area contributed by atoms with Crippen LogP contribution in [0, 0.1) is 42.9 Å². The van der Waals surface area contributed by atoms with Crippen LogP contribution in [0.5, 0.6) is 0 Å². The van der Waals surface area contributed by atoms with E-state index in [-0.39, 0.29) is 35.5 Å². The molecule has 0 bridgehead atoms. The van der Waals surface area contributed by atoms with Gasteiger partial charge in [-0.3, -0.25) is 29.8 Å². The molecule has 5 rings (SSSR count). The highest BCUT2D eigenvalue weighted by Gasteiger charge is 2.67. The summed E-state index contributed by atoms with van der Waals surface area (Å²) in [6.45, 7) is 1.55. The first-order chi connectivity index (χ1) is 22.1. The van der Waals surface area contributed by atoms with E-state index in [0.717, 1.165) is 12.1 Å². The van der Waals surface area contributed by atoms with Gasteiger partial charge in [0.2, 0.25) is 0 Å². The molecule has 4 aromatic carbocycles. The molecule has 1 aliphatic carbocycles. The number of hydrogen-bond donors (Lipinski definition) is 1. The normalized spacial score (nSPS) is 23.9. The van der Waals surface area contributed by atoms with E-state index in [9.17, 15) is 40.2 Å². The zero-order valence-electron chi connectivity index (χ0n) is 24.7. The van der Waals surface area contributed by atoms with Crippen LogP contribution >= 0.6 is 0 Å². The molecule has 0 saturated heterocycles. The minimum atomic E-state index is -2.10. The molecule has 46 heavy (non-hydrogen) atoms. The lowest BCUT2D eigenvalue weighted by atomic mass is 9.47. The number of Topliss-reactive ketones (excluding diaryl/α,β-unsaturated/α-hetero) is 1. The van der Waals surface area contributed by atoms with Gasteiger partial charge in [0.1, 0.15) is 5.60 Å². The zero-order chi connectivity index (χ0) is 33.1. The molecule has 0 heterocycles. The van der Waals surface area contributed by atoms with Gasteiger partial charge in [-0.05, 0) is 54.3 Å². The summed E-state index contributed by atoms with van der Waals surface area (Å²) in [5, 5.41) is 46.9. The number of carbonyl (C=O) groups excluding carboxylic acids is 2. The van der Waals surface area contributed by atoms with Crippen molar-refractivity contribution >= 4 is 23.1 Å². The van der Waals surface area contributed by atoms with Gasteiger partial charge in [0.25, 0.3) is 11.4 Å². The molecular weight excluding hydrogens is 590 g/mol. The molecule has 0 aliphatic heterocycles. The van der Waals surface area contributed by atoms with Gasteiger partial charge in [-0.15, -0.1) is 0 Å². The maximum atomic E-state index is 14.8. The predicted molar refractivity (Wildman–Crippen MR) is 166 cm³/mol. The zero-order valence-corrected chi connectivity index (χ0v) is 24.7. The minimum Gasteiger partial charge on any atom is -0.465 e. The number of nitro benzene ring substituents is 2. The average Bonchev–Trinajstić information content (AvgIpc) is 3.08. The summed E-state index contributed by atoms with van der Waals surface area (Å²) >= 11 is 0. The maximum absolute atomic E-state index is 14.8. The highest BCUT2D eigenvalue weighted by molar-refractivity contribution is 6.01. The molecule has 5 atom stereocenters. The van der Waals surface area contributed by atoms with Crippen molar-refractivity contribution < 1.29 is 29.3 Å². The number of ether oxygens (including phenoxy) is 1. The molecule has 1 N–H and O–H groups in total. The Balaban J connectivity index is 1.86. The van der Waals surface area contributed by atoms with E-state index in [2.05, 4.69) is 6.07 Å². The highest BCUT2D eigenvalue weighted by atomic mass is 16.6. The van der Waals surface area contributed by atoms with Crippen molar-refractivity contribution in [1.29, 1.82) is 5.26 Å². The molecule has 0 radical (unpaired) electrons. The fourth-order valence-electron chi connectivity index (χ4n) is 6.71. The largest absolute Gasteiger partial charge is 0.465 e. The van der Waals surface area contributed by atoms with E-state index in [1.54, 1.807) is 67.6 Å². The molecule has 1 fully saturated rings. The van der Waals surface area contributed by atoms with Crippen molar-refractivity contribution in [1.82, 2.24) is 0 Å². The fraction of sp³-hybridized carbons (Fsp3) is 0.229. The van der Waals surface area contributed by atoms with Crippen LogP contribution in [0.1, 0.15) is 52.2 Å². The number of esters is 1. The van der Waals surface area contributed by atoms with Crippen LogP contribution in [-0.4, -0.2) is 33.3 Å². The van der Waals surface area contributed by atoms with E-state index < -0.39 is 50.4 Å². The van der Waals surface area contributed by atoms with Crippen molar-refractivity contribution in [3.8, 4) is 6.07 Å². The summed E-state index contributed by atoms with van der Waals surface area (Å²) in [6.07, 6.45) is -0.312. The van der Waals surface area contributed by atoms with Gasteiger partial charge in [-0.25, -0.2) is 0 Å². The van der Waals surface area contributed by atoms with Gasteiger partial charge in [0, 0.05) is 41.7 Å². The standard InChI is InChI=1S/C35H29N3O8/c1-2-46-33(40)34(22-36)29(23-9-5-3-6-10-23)21-35(41,26-15-19-28(20-16-26)38(44)45)31(30(34)24-11-7-4-8-12-24)32(39)25-13-17-27(18-14-25)37(42)43/h3-20,29-31,41H,2,21H2,1H3/t29-,30+,31+,34+,35+/m1/s1. The Bertz CT molecular complexity index is 1810. The number of benzene rings is 4. The Morgan fingerprint density at radius 3 is 1.83 bits per heavy atom. The Morgan fingerprint density at radius 1 is 0.848 bits per heavy atom. The lowest BCUT2D eigenvalue weighted by molar-refractivity contribution is -0.385. The van der Waals surface area contributed by atoms with Gasteiger partial charge < -0.3 is 9.84 Å². The second kappa shape index (κ2) is 12.7. The molecule has 232 valence electrons. The number of rotatable bonds is 9. The first-order valence-electron chi connectivity index (χ1n) is 14.5. The average molecular weight is 620 g/mol. The molecular formula is C35H29N3O8. The smallest absolute Gasteiger partial charge is 0.327 e. The second-order valence-corrected chi connectivity index (χ2v) is 11.1. The van der Waals surface area contributed by atoms with Crippen molar-refractivity contribution in [2.45, 2.75) is 30.8 Å². The van der Waals surface area contributed by atoms with Crippen molar-refractivity contribution in [3.63, 3.8) is 0 Å². The number of nitrogens with zero attached hydrogens (tertiary/aromatic N) is 3. The summed E-state index contributed by atoms with van der Waals surface area (Å²) in [5.74, 6) is -5.39. The van der Waals surface area contributed by atoms with E-state index in [1.807, 2.05) is 0 Å². The Labute approximate surface area is 264 Å². The summed E-state index contributed by atoms with van der Waals surface area (Å²) in [5.41, 5.74) is -3.51. The predicted octanol–water partition coefficient (Wildman–Crippen LogP) is 6.23. The quantitative estimate of drug-likeness (QED) is 0.0985. The third-order valence-corrected chi connectivity index (χ3v) is 8.79. The van der Waals surface area contributed by atoms with Gasteiger partial charge in [-0.1, -0.05) is 60.7 Å². The lowest BCUT2D eigenvalue weighted by Crippen LogP contribution is -2.59. The molecule has 1 aliphatic rings. The monoisotopic (exact) mass is 619 g/mol.